The smallest absolute Gasteiger partial charge is 0.241 e. The highest BCUT2D eigenvalue weighted by Gasteiger charge is 2.04. The zero-order chi connectivity index (χ0) is 13.0. The van der Waals surface area contributed by atoms with Gasteiger partial charge in [-0.05, 0) is 0 Å². The minimum Gasteiger partial charge on any atom is -0.396 e. The molecule has 0 aliphatic heterocycles. The maximum atomic E-state index is 11.6. The molecule has 0 spiro atoms. The highest BCUT2D eigenvalue weighted by molar-refractivity contribution is 5.75. The van der Waals surface area contributed by atoms with Crippen molar-refractivity contribution in [3.8, 4) is 0 Å². The van der Waals surface area contributed by atoms with Crippen LogP contribution < -0.4 is 11.1 Å². The van der Waals surface area contributed by atoms with E-state index >= 15 is 0 Å². The van der Waals surface area contributed by atoms with Crippen LogP contribution in [-0.2, 0) is 24.8 Å². The number of nitrogens with zero attached hydrogens (tertiary/aromatic N) is 5. The molecule has 0 atom stereocenters. The van der Waals surface area contributed by atoms with Crippen molar-refractivity contribution in [2.45, 2.75) is 13.0 Å². The number of anilines is 1. The summed E-state index contributed by atoms with van der Waals surface area (Å²) in [6.45, 7) is 0.659. The predicted octanol–water partition coefficient (Wildman–Crippen LogP) is -1.05. The van der Waals surface area contributed by atoms with Crippen molar-refractivity contribution in [3.05, 3.63) is 24.5 Å². The number of carbonyl (C=O) groups excluding carboxylic acids is 1. The summed E-state index contributed by atoms with van der Waals surface area (Å²) < 4.78 is 3.12. The molecule has 0 bridgehead atoms. The number of hydrogen-bond acceptors (Lipinski definition) is 5. The summed E-state index contributed by atoms with van der Waals surface area (Å²) in [7, 11) is 1.80. The van der Waals surface area contributed by atoms with E-state index in [0.717, 1.165) is 0 Å². The fourth-order valence-corrected chi connectivity index (χ4v) is 1.48. The van der Waals surface area contributed by atoms with Crippen molar-refractivity contribution < 1.29 is 4.79 Å². The lowest BCUT2D eigenvalue weighted by molar-refractivity contribution is -0.121. The highest BCUT2D eigenvalue weighted by atomic mass is 16.2. The molecule has 8 heteroatoms. The molecule has 0 aliphatic carbocycles. The number of aryl methyl sites for hydroxylation is 1. The lowest BCUT2D eigenvalue weighted by Crippen LogP contribution is -2.29. The minimum absolute atomic E-state index is 0.117. The lowest BCUT2D eigenvalue weighted by atomic mass is 10.4. The molecule has 1 amide bonds. The normalized spacial score (nSPS) is 10.5. The van der Waals surface area contributed by atoms with Gasteiger partial charge in [-0.2, -0.15) is 10.2 Å². The molecule has 2 heterocycles. The van der Waals surface area contributed by atoms with Crippen molar-refractivity contribution in [2.24, 2.45) is 7.05 Å². The average molecular weight is 249 g/mol. The maximum Gasteiger partial charge on any atom is 0.241 e. The second-order valence-corrected chi connectivity index (χ2v) is 3.91. The fraction of sp³-hybridized carbons (Fsp3) is 0.400. The summed E-state index contributed by atoms with van der Waals surface area (Å²) in [6, 6.07) is 0. The van der Waals surface area contributed by atoms with Crippen LogP contribution in [0.25, 0.3) is 0 Å². The van der Waals surface area contributed by atoms with Crippen LogP contribution in [0.15, 0.2) is 18.7 Å². The van der Waals surface area contributed by atoms with E-state index in [1.54, 1.807) is 24.3 Å². The Bertz CT molecular complexity index is 530. The molecular formula is C10H15N7O. The van der Waals surface area contributed by atoms with E-state index in [4.69, 9.17) is 5.73 Å². The first-order valence-electron chi connectivity index (χ1n) is 5.52. The standard InChI is InChI=1S/C10H15N7O/c1-16-7-13-9(15-16)2-3-12-10(18)6-17-5-8(11)4-14-17/h4-5,7H,2-3,6,11H2,1H3,(H,12,18). The first-order valence-corrected chi connectivity index (χ1v) is 5.52. The molecule has 96 valence electrons. The molecule has 18 heavy (non-hydrogen) atoms. The van der Waals surface area contributed by atoms with E-state index in [2.05, 4.69) is 20.5 Å². The van der Waals surface area contributed by atoms with E-state index in [-0.39, 0.29) is 12.5 Å². The van der Waals surface area contributed by atoms with Crippen LogP contribution in [0.2, 0.25) is 0 Å². The number of hydrogen-bond donors (Lipinski definition) is 2. The molecule has 0 fully saturated rings. The van der Waals surface area contributed by atoms with Crippen LogP contribution in [0.3, 0.4) is 0 Å². The van der Waals surface area contributed by atoms with E-state index in [1.807, 2.05) is 0 Å². The summed E-state index contributed by atoms with van der Waals surface area (Å²) in [5, 5.41) is 10.8. The third kappa shape index (κ3) is 3.30. The highest BCUT2D eigenvalue weighted by Crippen LogP contribution is 1.97. The number of rotatable bonds is 5. The maximum absolute atomic E-state index is 11.6. The molecular weight excluding hydrogens is 234 g/mol. The predicted molar refractivity (Wildman–Crippen MR) is 64.4 cm³/mol. The Morgan fingerprint density at radius 1 is 1.56 bits per heavy atom. The third-order valence-electron chi connectivity index (χ3n) is 2.28. The number of nitrogens with one attached hydrogen (secondary N) is 1. The zero-order valence-corrected chi connectivity index (χ0v) is 10.1. The van der Waals surface area contributed by atoms with E-state index in [1.165, 1.54) is 10.9 Å². The molecule has 0 aromatic carbocycles. The van der Waals surface area contributed by atoms with Gasteiger partial charge in [0, 0.05) is 26.2 Å². The third-order valence-corrected chi connectivity index (χ3v) is 2.28. The number of nitrogen functional groups attached to an aromatic ring is 1. The summed E-state index contributed by atoms with van der Waals surface area (Å²) in [4.78, 5) is 15.6. The Kier molecular flexibility index (Phi) is 3.56. The van der Waals surface area contributed by atoms with Gasteiger partial charge < -0.3 is 11.1 Å². The van der Waals surface area contributed by atoms with Gasteiger partial charge in [-0.25, -0.2) is 4.98 Å². The molecule has 8 nitrogen and oxygen atoms in total. The SMILES string of the molecule is Cn1cnc(CCNC(=O)Cn2cc(N)cn2)n1. The first kappa shape index (κ1) is 12.1. The summed E-state index contributed by atoms with van der Waals surface area (Å²) in [5.74, 6) is 0.593. The van der Waals surface area contributed by atoms with Gasteiger partial charge in [-0.15, -0.1) is 0 Å². The molecule has 0 saturated heterocycles. The van der Waals surface area contributed by atoms with Crippen LogP contribution >= 0.6 is 0 Å². The first-order chi connectivity index (χ1) is 8.63. The Labute approximate surface area is 104 Å². The zero-order valence-electron chi connectivity index (χ0n) is 10.1. The van der Waals surface area contributed by atoms with E-state index in [9.17, 15) is 4.79 Å². The second kappa shape index (κ2) is 5.30. The van der Waals surface area contributed by atoms with Gasteiger partial charge in [0.25, 0.3) is 0 Å². The van der Waals surface area contributed by atoms with Crippen molar-refractivity contribution in [2.75, 3.05) is 12.3 Å². The largest absolute Gasteiger partial charge is 0.396 e. The molecule has 3 N–H and O–H groups in total. The molecule has 0 radical (unpaired) electrons. The van der Waals surface area contributed by atoms with Crippen LogP contribution in [-0.4, -0.2) is 37.0 Å². The number of nitrogens with two attached hydrogens (primary N) is 1. The van der Waals surface area contributed by atoms with Crippen molar-refractivity contribution in [1.82, 2.24) is 29.9 Å². The van der Waals surface area contributed by atoms with Gasteiger partial charge in [-0.3, -0.25) is 14.2 Å². The summed E-state index contributed by atoms with van der Waals surface area (Å²) >= 11 is 0. The fourth-order valence-electron chi connectivity index (χ4n) is 1.48. The van der Waals surface area contributed by atoms with Gasteiger partial charge >= 0.3 is 0 Å². The Hall–Kier alpha value is -2.38. The lowest BCUT2D eigenvalue weighted by Gasteiger charge is -2.03. The topological polar surface area (TPSA) is 104 Å². The average Bonchev–Trinajstić information content (AvgIpc) is 2.88. The molecule has 0 aliphatic rings. The number of aromatic nitrogens is 5. The Morgan fingerprint density at radius 2 is 2.39 bits per heavy atom. The number of amides is 1. The number of carbonyl (C=O) groups is 1. The summed E-state index contributed by atoms with van der Waals surface area (Å²) in [6.07, 6.45) is 5.35. The van der Waals surface area contributed by atoms with Crippen LogP contribution in [0, 0.1) is 0 Å². The monoisotopic (exact) mass is 249 g/mol. The molecule has 2 aromatic heterocycles. The molecule has 0 saturated carbocycles. The van der Waals surface area contributed by atoms with Gasteiger partial charge in [-0.1, -0.05) is 0 Å². The van der Waals surface area contributed by atoms with Crippen LogP contribution in [0.4, 0.5) is 5.69 Å². The molecule has 2 aromatic rings. The van der Waals surface area contributed by atoms with Crippen molar-refractivity contribution >= 4 is 11.6 Å². The van der Waals surface area contributed by atoms with Gasteiger partial charge in [0.15, 0.2) is 5.82 Å². The second-order valence-electron chi connectivity index (χ2n) is 3.91. The van der Waals surface area contributed by atoms with Gasteiger partial charge in [0.1, 0.15) is 12.9 Å². The molecule has 2 rings (SSSR count). The Balaban J connectivity index is 1.72. The van der Waals surface area contributed by atoms with Gasteiger partial charge in [0.05, 0.1) is 11.9 Å². The molecule has 0 unspecified atom stereocenters. The summed E-state index contributed by atoms with van der Waals surface area (Å²) in [5.41, 5.74) is 6.04. The van der Waals surface area contributed by atoms with E-state index < -0.39 is 0 Å². The van der Waals surface area contributed by atoms with Crippen LogP contribution in [0.5, 0.6) is 0 Å². The van der Waals surface area contributed by atoms with Crippen molar-refractivity contribution in [3.63, 3.8) is 0 Å². The quantitative estimate of drug-likeness (QED) is 0.704. The Morgan fingerprint density at radius 3 is 3.00 bits per heavy atom. The van der Waals surface area contributed by atoms with Crippen LogP contribution in [0.1, 0.15) is 5.82 Å². The van der Waals surface area contributed by atoms with Gasteiger partial charge in [0.2, 0.25) is 5.91 Å². The van der Waals surface area contributed by atoms with E-state index in [0.29, 0.717) is 24.5 Å². The van der Waals surface area contributed by atoms with Crippen molar-refractivity contribution in [1.29, 1.82) is 0 Å². The minimum atomic E-state index is -0.117.